The molecule has 0 saturated heterocycles. The predicted octanol–water partition coefficient (Wildman–Crippen LogP) is 10.6. The van der Waals surface area contributed by atoms with Gasteiger partial charge in [0, 0.05) is 55.0 Å². The largest absolute Gasteiger partial charge is 0.469 e. The molecular weight excluding hydrogens is 795 g/mol. The second kappa shape index (κ2) is 19.5. The van der Waals surface area contributed by atoms with Gasteiger partial charge in [-0.05, 0) is 123 Å². The molecule has 2 amide bonds. The summed E-state index contributed by atoms with van der Waals surface area (Å²) < 4.78 is 7.98. The van der Waals surface area contributed by atoms with Crippen molar-refractivity contribution in [3.05, 3.63) is 88.9 Å². The summed E-state index contributed by atoms with van der Waals surface area (Å²) in [5.41, 5.74) is 7.05. The molecule has 0 radical (unpaired) electrons. The van der Waals surface area contributed by atoms with E-state index >= 15 is 0 Å². The first-order valence-electron chi connectivity index (χ1n) is 23.0. The van der Waals surface area contributed by atoms with Crippen LogP contribution in [0.3, 0.4) is 0 Å². The van der Waals surface area contributed by atoms with Crippen LogP contribution in [-0.4, -0.2) is 57.7 Å². The van der Waals surface area contributed by atoms with Crippen LogP contribution in [0.2, 0.25) is 0 Å². The zero-order chi connectivity index (χ0) is 43.2. The standard InChI is InChI=1S/C50H63N7O4S/c1-33-25-36-26-34(2)28-50(27-33,29-36)32-57-35(3)40(30-52-57)38-20-21-44(54-46(38)48(60)51-23-13-9-7-5-6-8-10-19-45(58)61-4)56-24-22-37-15-14-16-39(41(37)31-56)47(59)55-49-53-42-17-11-12-18-43(42)62-49/h11-12,14-18,20-21,30,33-34,36H,5-10,13,19,22-29,31-32H2,1-4H3,(H,51,60)(H,53,55,59). The summed E-state index contributed by atoms with van der Waals surface area (Å²) in [4.78, 5) is 51.4. The number of unbranched alkanes of at least 4 members (excludes halogenated alkanes) is 6. The zero-order valence-electron chi connectivity index (χ0n) is 37.0. The Kier molecular flexibility index (Phi) is 13.7. The van der Waals surface area contributed by atoms with Crippen molar-refractivity contribution in [3.63, 3.8) is 0 Å². The highest BCUT2D eigenvalue weighted by Gasteiger charge is 2.45. The molecule has 4 heterocycles. The summed E-state index contributed by atoms with van der Waals surface area (Å²) in [7, 11) is 1.44. The summed E-state index contributed by atoms with van der Waals surface area (Å²) in [6.07, 6.45) is 16.7. The van der Waals surface area contributed by atoms with Gasteiger partial charge in [0.15, 0.2) is 5.13 Å². The summed E-state index contributed by atoms with van der Waals surface area (Å²) in [5, 5.41) is 11.8. The topological polar surface area (TPSA) is 131 Å². The Morgan fingerprint density at radius 3 is 2.39 bits per heavy atom. The van der Waals surface area contributed by atoms with Gasteiger partial charge in [-0.2, -0.15) is 5.10 Å². The van der Waals surface area contributed by atoms with E-state index < -0.39 is 0 Å². The fraction of sp³-hybridized carbons (Fsp3) is 0.520. The molecule has 328 valence electrons. The number of pyridine rings is 1. The molecule has 3 aliphatic rings. The highest BCUT2D eigenvalue weighted by molar-refractivity contribution is 7.22. The average molecular weight is 858 g/mol. The Morgan fingerprint density at radius 2 is 1.61 bits per heavy atom. The van der Waals surface area contributed by atoms with Crippen LogP contribution in [0.25, 0.3) is 21.3 Å². The lowest BCUT2D eigenvalue weighted by atomic mass is 9.57. The van der Waals surface area contributed by atoms with Crippen LogP contribution < -0.4 is 15.5 Å². The zero-order valence-corrected chi connectivity index (χ0v) is 37.8. The molecule has 8 rings (SSSR count). The van der Waals surface area contributed by atoms with Gasteiger partial charge < -0.3 is 15.0 Å². The van der Waals surface area contributed by atoms with Crippen LogP contribution in [-0.2, 0) is 29.0 Å². The number of carbonyl (C=O) groups excluding carboxylic acids is 3. The maximum Gasteiger partial charge on any atom is 0.305 e. The molecule has 5 aromatic rings. The Bertz CT molecular complexity index is 2330. The van der Waals surface area contributed by atoms with Crippen molar-refractivity contribution in [1.82, 2.24) is 25.1 Å². The van der Waals surface area contributed by atoms with Gasteiger partial charge in [0.25, 0.3) is 11.8 Å². The van der Waals surface area contributed by atoms with Gasteiger partial charge in [0.2, 0.25) is 0 Å². The SMILES string of the molecule is COC(=O)CCCCCCCCCNC(=O)c1nc(N2CCc3cccc(C(=O)Nc4nc5ccccc5s4)c3C2)ccc1-c1cnn(CC23CC(C)CC(CC(C)C2)C3)c1C. The molecule has 2 fully saturated rings. The van der Waals surface area contributed by atoms with Crippen LogP contribution in [0.15, 0.2) is 60.8 Å². The van der Waals surface area contributed by atoms with Gasteiger partial charge in [-0.25, -0.2) is 9.97 Å². The first-order valence-corrected chi connectivity index (χ1v) is 23.8. The number of methoxy groups -OCH3 is 1. The van der Waals surface area contributed by atoms with Crippen LogP contribution in [0.5, 0.6) is 0 Å². The lowest BCUT2D eigenvalue weighted by molar-refractivity contribution is -0.140. The van der Waals surface area contributed by atoms with Gasteiger partial charge in [0.1, 0.15) is 11.5 Å². The number of aromatic nitrogens is 4. The number of hydrogen-bond donors (Lipinski definition) is 2. The number of carbonyl (C=O) groups is 3. The lowest BCUT2D eigenvalue weighted by Crippen LogP contribution is -2.42. The molecule has 3 aromatic heterocycles. The van der Waals surface area contributed by atoms with Crippen molar-refractivity contribution in [2.24, 2.45) is 23.2 Å². The van der Waals surface area contributed by atoms with E-state index in [1.807, 2.05) is 54.7 Å². The Balaban J connectivity index is 0.999. The summed E-state index contributed by atoms with van der Waals surface area (Å²) >= 11 is 1.47. The number of thiazole rings is 1. The van der Waals surface area contributed by atoms with Crippen LogP contribution in [0.1, 0.15) is 135 Å². The van der Waals surface area contributed by atoms with E-state index in [2.05, 4.69) is 52.0 Å². The maximum absolute atomic E-state index is 14.3. The van der Waals surface area contributed by atoms with Crippen molar-refractivity contribution >= 4 is 50.3 Å². The number of ether oxygens (including phenoxy) is 1. The number of nitrogens with one attached hydrogen (secondary N) is 2. The number of nitrogens with zero attached hydrogens (tertiary/aromatic N) is 5. The molecule has 0 spiro atoms. The van der Waals surface area contributed by atoms with Gasteiger partial charge >= 0.3 is 5.97 Å². The number of fused-ring (bicyclic) bond motifs is 4. The lowest BCUT2D eigenvalue weighted by Gasteiger charge is -2.50. The predicted molar refractivity (Wildman–Crippen MR) is 248 cm³/mol. The van der Waals surface area contributed by atoms with Crippen LogP contribution in [0.4, 0.5) is 10.9 Å². The Labute approximate surface area is 370 Å². The first kappa shape index (κ1) is 43.5. The van der Waals surface area contributed by atoms with Crippen molar-refractivity contribution in [3.8, 4) is 11.1 Å². The van der Waals surface area contributed by atoms with E-state index in [9.17, 15) is 14.4 Å². The maximum atomic E-state index is 14.3. The third-order valence-corrected chi connectivity index (χ3v) is 14.6. The molecule has 2 aromatic carbocycles. The summed E-state index contributed by atoms with van der Waals surface area (Å²) in [6.45, 7) is 9.66. The molecule has 2 aliphatic carbocycles. The van der Waals surface area contributed by atoms with E-state index in [1.165, 1.54) is 50.6 Å². The van der Waals surface area contributed by atoms with Crippen molar-refractivity contribution < 1.29 is 19.1 Å². The second-order valence-electron chi connectivity index (χ2n) is 18.6. The van der Waals surface area contributed by atoms with E-state index in [-0.39, 0.29) is 23.2 Å². The van der Waals surface area contributed by atoms with Crippen molar-refractivity contribution in [1.29, 1.82) is 0 Å². The number of amides is 2. The Morgan fingerprint density at radius 1 is 0.855 bits per heavy atom. The highest BCUT2D eigenvalue weighted by atomic mass is 32.1. The molecule has 62 heavy (non-hydrogen) atoms. The molecule has 1 aliphatic heterocycles. The van der Waals surface area contributed by atoms with Gasteiger partial charge in [-0.3, -0.25) is 24.4 Å². The number of para-hydroxylation sites is 1. The minimum atomic E-state index is -0.186. The molecule has 2 unspecified atom stereocenters. The number of esters is 1. The third-order valence-electron chi connectivity index (χ3n) is 13.7. The Hall–Kier alpha value is -5.10. The quantitative estimate of drug-likeness (QED) is 0.0698. The van der Waals surface area contributed by atoms with Crippen molar-refractivity contribution in [2.45, 2.75) is 124 Å². The number of benzene rings is 2. The molecule has 2 N–H and O–H groups in total. The number of hydrogen-bond acceptors (Lipinski definition) is 9. The molecule has 11 nitrogen and oxygen atoms in total. The van der Waals surface area contributed by atoms with E-state index in [0.29, 0.717) is 48.3 Å². The molecular formula is C50H63N7O4S. The minimum Gasteiger partial charge on any atom is -0.469 e. The molecule has 2 saturated carbocycles. The average Bonchev–Trinajstić information content (AvgIpc) is 3.84. The second-order valence-corrected chi connectivity index (χ2v) is 19.7. The van der Waals surface area contributed by atoms with Crippen molar-refractivity contribution in [2.75, 3.05) is 30.4 Å². The van der Waals surface area contributed by atoms with E-state index in [1.54, 1.807) is 0 Å². The highest BCUT2D eigenvalue weighted by Crippen LogP contribution is 2.53. The molecule has 12 heteroatoms. The summed E-state index contributed by atoms with van der Waals surface area (Å²) in [5.74, 6) is 2.45. The molecule has 2 bridgehead atoms. The van der Waals surface area contributed by atoms with Gasteiger partial charge in [0.05, 0.1) is 23.5 Å². The fourth-order valence-corrected chi connectivity index (χ4v) is 11.9. The third kappa shape index (κ3) is 10.1. The number of anilines is 2. The van der Waals surface area contributed by atoms with Gasteiger partial charge in [-0.15, -0.1) is 0 Å². The molecule has 2 atom stereocenters. The number of rotatable bonds is 17. The smallest absolute Gasteiger partial charge is 0.305 e. The fourth-order valence-electron chi connectivity index (χ4n) is 11.1. The minimum absolute atomic E-state index is 0.143. The normalized spacial score (nSPS) is 20.8. The van der Waals surface area contributed by atoms with E-state index in [0.717, 1.165) is 114 Å². The van der Waals surface area contributed by atoms with E-state index in [4.69, 9.17) is 14.8 Å². The monoisotopic (exact) mass is 857 g/mol. The van der Waals surface area contributed by atoms with Crippen LogP contribution in [0, 0.1) is 30.1 Å². The van der Waals surface area contributed by atoms with Crippen LogP contribution >= 0.6 is 11.3 Å². The first-order chi connectivity index (χ1) is 30.1. The van der Waals surface area contributed by atoms with Gasteiger partial charge in [-0.1, -0.05) is 81.6 Å². The summed E-state index contributed by atoms with van der Waals surface area (Å²) in [6, 6.07) is 17.9.